The number of anilines is 1. The molecule has 1 saturated heterocycles. The highest BCUT2D eigenvalue weighted by atomic mass is 32.1. The van der Waals surface area contributed by atoms with Crippen LogP contribution in [0.1, 0.15) is 21.8 Å². The van der Waals surface area contributed by atoms with Gasteiger partial charge in [-0.3, -0.25) is 4.90 Å². The molecule has 6 nitrogen and oxygen atoms in total. The summed E-state index contributed by atoms with van der Waals surface area (Å²) in [6.07, 6.45) is 1.00. The van der Waals surface area contributed by atoms with Crippen LogP contribution >= 0.6 is 11.3 Å². The van der Waals surface area contributed by atoms with E-state index in [9.17, 15) is 4.79 Å². The van der Waals surface area contributed by atoms with Gasteiger partial charge < -0.3 is 15.1 Å². The van der Waals surface area contributed by atoms with Gasteiger partial charge in [-0.25, -0.2) is 9.78 Å². The van der Waals surface area contributed by atoms with Gasteiger partial charge in [0, 0.05) is 31.1 Å². The molecule has 0 spiro atoms. The van der Waals surface area contributed by atoms with Crippen LogP contribution in [0.4, 0.5) is 5.13 Å². The number of aromatic carboxylic acids is 1. The van der Waals surface area contributed by atoms with E-state index in [1.54, 1.807) is 6.92 Å². The van der Waals surface area contributed by atoms with Crippen molar-refractivity contribution in [1.82, 2.24) is 9.88 Å². The van der Waals surface area contributed by atoms with Gasteiger partial charge in [0.1, 0.15) is 0 Å². The maximum atomic E-state index is 11.0. The van der Waals surface area contributed by atoms with E-state index in [-0.39, 0.29) is 12.3 Å². The molecule has 1 aliphatic heterocycles. The molecule has 19 heavy (non-hydrogen) atoms. The van der Waals surface area contributed by atoms with Crippen LogP contribution in [0.3, 0.4) is 0 Å². The third kappa shape index (κ3) is 3.43. The van der Waals surface area contributed by atoms with Gasteiger partial charge in [0.15, 0.2) is 10.8 Å². The number of aliphatic hydroxyl groups excluding tert-OH is 1. The van der Waals surface area contributed by atoms with Crippen molar-refractivity contribution in [3.8, 4) is 0 Å². The summed E-state index contributed by atoms with van der Waals surface area (Å²) in [7, 11) is 0. The first-order valence-corrected chi connectivity index (χ1v) is 7.22. The van der Waals surface area contributed by atoms with Gasteiger partial charge in [0.25, 0.3) is 0 Å². The van der Waals surface area contributed by atoms with Crippen molar-refractivity contribution >= 4 is 22.4 Å². The summed E-state index contributed by atoms with van der Waals surface area (Å²) >= 11 is 1.44. The summed E-state index contributed by atoms with van der Waals surface area (Å²) in [5.74, 6) is -0.961. The molecule has 0 radical (unpaired) electrons. The SMILES string of the molecule is Cc1sc(N2CCCN(CCO)CC2)nc1C(=O)O. The van der Waals surface area contributed by atoms with Gasteiger partial charge in [-0.2, -0.15) is 0 Å². The van der Waals surface area contributed by atoms with Crippen LogP contribution in [0.2, 0.25) is 0 Å². The number of carbonyl (C=O) groups is 1. The standard InChI is InChI=1S/C12H19N3O3S/c1-9-10(11(17)18)13-12(19-9)15-4-2-3-14(5-6-15)7-8-16/h16H,2-8H2,1H3,(H,17,18). The topological polar surface area (TPSA) is 76.9 Å². The van der Waals surface area contributed by atoms with Crippen molar-refractivity contribution in [3.63, 3.8) is 0 Å². The Morgan fingerprint density at radius 1 is 1.37 bits per heavy atom. The van der Waals surface area contributed by atoms with Gasteiger partial charge in [-0.15, -0.1) is 11.3 Å². The predicted molar refractivity (Wildman–Crippen MR) is 74.2 cm³/mol. The molecule has 0 aliphatic carbocycles. The molecular formula is C12H19N3O3S. The fourth-order valence-electron chi connectivity index (χ4n) is 2.24. The minimum atomic E-state index is -0.961. The molecule has 1 aliphatic rings. The van der Waals surface area contributed by atoms with E-state index in [2.05, 4.69) is 14.8 Å². The molecule has 0 saturated carbocycles. The molecule has 1 aromatic heterocycles. The zero-order chi connectivity index (χ0) is 13.8. The molecule has 0 bridgehead atoms. The average molecular weight is 285 g/mol. The number of hydrogen-bond acceptors (Lipinski definition) is 6. The Morgan fingerprint density at radius 2 is 2.16 bits per heavy atom. The second kappa shape index (κ2) is 6.31. The van der Waals surface area contributed by atoms with Gasteiger partial charge in [-0.05, 0) is 19.9 Å². The lowest BCUT2D eigenvalue weighted by molar-refractivity contribution is 0.0690. The Kier molecular flexibility index (Phi) is 4.73. The lowest BCUT2D eigenvalue weighted by Gasteiger charge is -2.20. The summed E-state index contributed by atoms with van der Waals surface area (Å²) < 4.78 is 0. The number of aromatic nitrogens is 1. The van der Waals surface area contributed by atoms with Crippen molar-refractivity contribution in [3.05, 3.63) is 10.6 Å². The molecule has 0 unspecified atom stereocenters. The largest absolute Gasteiger partial charge is 0.476 e. The number of carboxylic acid groups (broad SMARTS) is 1. The monoisotopic (exact) mass is 285 g/mol. The summed E-state index contributed by atoms with van der Waals surface area (Å²) in [5.41, 5.74) is 0.163. The van der Waals surface area contributed by atoms with E-state index < -0.39 is 5.97 Å². The Bertz CT molecular complexity index is 449. The number of aryl methyl sites for hydroxylation is 1. The number of rotatable bonds is 4. The highest BCUT2D eigenvalue weighted by Crippen LogP contribution is 2.26. The Morgan fingerprint density at radius 3 is 2.79 bits per heavy atom. The fourth-order valence-corrected chi connectivity index (χ4v) is 3.20. The molecule has 7 heteroatoms. The molecular weight excluding hydrogens is 266 g/mol. The minimum Gasteiger partial charge on any atom is -0.476 e. The Labute approximate surface area is 116 Å². The van der Waals surface area contributed by atoms with Crippen molar-refractivity contribution in [1.29, 1.82) is 0 Å². The van der Waals surface area contributed by atoms with Crippen molar-refractivity contribution in [2.75, 3.05) is 44.2 Å². The Balaban J connectivity index is 2.06. The van der Waals surface area contributed by atoms with Crippen LogP contribution < -0.4 is 4.90 Å². The maximum Gasteiger partial charge on any atom is 0.355 e. The average Bonchev–Trinajstić information content (AvgIpc) is 2.60. The first-order valence-electron chi connectivity index (χ1n) is 6.40. The molecule has 1 aromatic rings. The second-order valence-corrected chi connectivity index (χ2v) is 5.79. The highest BCUT2D eigenvalue weighted by molar-refractivity contribution is 7.15. The van der Waals surface area contributed by atoms with Crippen LogP contribution in [-0.4, -0.2) is 65.4 Å². The van der Waals surface area contributed by atoms with E-state index in [0.29, 0.717) is 6.54 Å². The van der Waals surface area contributed by atoms with Crippen LogP contribution in [0, 0.1) is 6.92 Å². The zero-order valence-electron chi connectivity index (χ0n) is 11.0. The van der Waals surface area contributed by atoms with E-state index in [1.165, 1.54) is 11.3 Å². The smallest absolute Gasteiger partial charge is 0.355 e. The van der Waals surface area contributed by atoms with Crippen LogP contribution in [0.25, 0.3) is 0 Å². The van der Waals surface area contributed by atoms with Crippen molar-refractivity contribution in [2.45, 2.75) is 13.3 Å². The van der Waals surface area contributed by atoms with E-state index in [1.807, 2.05) is 0 Å². The van der Waals surface area contributed by atoms with Crippen molar-refractivity contribution < 1.29 is 15.0 Å². The lowest BCUT2D eigenvalue weighted by atomic mass is 10.4. The van der Waals surface area contributed by atoms with E-state index in [4.69, 9.17) is 10.2 Å². The normalized spacial score (nSPS) is 17.5. The van der Waals surface area contributed by atoms with Crippen LogP contribution in [-0.2, 0) is 0 Å². The third-order valence-corrected chi connectivity index (χ3v) is 4.29. The first-order chi connectivity index (χ1) is 9.11. The first kappa shape index (κ1) is 14.2. The second-order valence-electron chi connectivity index (χ2n) is 4.61. The summed E-state index contributed by atoms with van der Waals surface area (Å²) in [6.45, 7) is 6.22. The number of thiazole rings is 1. The van der Waals surface area contributed by atoms with E-state index >= 15 is 0 Å². The lowest BCUT2D eigenvalue weighted by Crippen LogP contribution is -2.32. The Hall–Kier alpha value is -1.18. The van der Waals surface area contributed by atoms with Gasteiger partial charge >= 0.3 is 5.97 Å². The predicted octanol–water partition coefficient (Wildman–Crippen LogP) is 0.654. The molecule has 106 valence electrons. The molecule has 0 amide bonds. The molecule has 0 aromatic carbocycles. The number of aliphatic hydroxyl groups is 1. The number of carboxylic acids is 1. The minimum absolute atomic E-state index is 0.163. The third-order valence-electron chi connectivity index (χ3n) is 3.26. The summed E-state index contributed by atoms with van der Waals surface area (Å²) in [5, 5.41) is 18.8. The fraction of sp³-hybridized carbons (Fsp3) is 0.667. The summed E-state index contributed by atoms with van der Waals surface area (Å²) in [6, 6.07) is 0. The zero-order valence-corrected chi connectivity index (χ0v) is 11.8. The van der Waals surface area contributed by atoms with Crippen molar-refractivity contribution in [2.24, 2.45) is 0 Å². The number of nitrogens with zero attached hydrogens (tertiary/aromatic N) is 3. The van der Waals surface area contributed by atoms with Gasteiger partial charge in [0.2, 0.25) is 0 Å². The van der Waals surface area contributed by atoms with Gasteiger partial charge in [0.05, 0.1) is 6.61 Å². The number of β-amino-alcohol motifs (C(OH)–C–C–N with tert-alkyl or cyclic N) is 1. The highest BCUT2D eigenvalue weighted by Gasteiger charge is 2.20. The molecule has 1 fully saturated rings. The molecule has 2 rings (SSSR count). The molecule has 2 heterocycles. The van der Waals surface area contributed by atoms with Gasteiger partial charge in [-0.1, -0.05) is 0 Å². The maximum absolute atomic E-state index is 11.0. The van der Waals surface area contributed by atoms with E-state index in [0.717, 1.165) is 42.6 Å². The van der Waals surface area contributed by atoms with Crippen LogP contribution in [0.15, 0.2) is 0 Å². The molecule has 0 atom stereocenters. The van der Waals surface area contributed by atoms with Crippen LogP contribution in [0.5, 0.6) is 0 Å². The molecule has 2 N–H and O–H groups in total. The quantitative estimate of drug-likeness (QED) is 0.846. The summed E-state index contributed by atoms with van der Waals surface area (Å²) in [4.78, 5) is 20.3. The number of hydrogen-bond donors (Lipinski definition) is 2.